The normalized spacial score (nSPS) is 23.1. The van der Waals surface area contributed by atoms with Gasteiger partial charge in [0.15, 0.2) is 11.7 Å². The molecule has 0 saturated heterocycles. The zero-order valence-electron chi connectivity index (χ0n) is 10.6. The van der Waals surface area contributed by atoms with Crippen molar-refractivity contribution in [2.75, 3.05) is 14.1 Å². The van der Waals surface area contributed by atoms with Gasteiger partial charge in [0.05, 0.1) is 0 Å². The fraction of sp³-hybridized carbons (Fsp3) is 0.273. The Balaban J connectivity index is 2.65. The molecular formula is C11H11Cl3N4OS. The van der Waals surface area contributed by atoms with Crippen molar-refractivity contribution in [1.82, 2.24) is 4.31 Å². The van der Waals surface area contributed by atoms with Gasteiger partial charge in [-0.1, -0.05) is 65.1 Å². The minimum atomic E-state index is -3.07. The van der Waals surface area contributed by atoms with Crippen LogP contribution < -0.4 is 0 Å². The zero-order chi connectivity index (χ0) is 15.0. The molecule has 2 rings (SSSR count). The molecule has 0 N–H and O–H groups in total. The van der Waals surface area contributed by atoms with Gasteiger partial charge in [-0.15, -0.1) is 8.76 Å². The van der Waals surface area contributed by atoms with Gasteiger partial charge in [-0.3, -0.25) is 0 Å². The summed E-state index contributed by atoms with van der Waals surface area (Å²) in [5.41, 5.74) is 0.670. The molecule has 1 heterocycles. The number of halogens is 3. The Bertz CT molecular complexity index is 685. The van der Waals surface area contributed by atoms with Crippen LogP contribution in [0.4, 0.5) is 0 Å². The number of alkyl halides is 3. The first-order valence-electron chi connectivity index (χ1n) is 5.48. The number of hydrogen-bond donors (Lipinski definition) is 0. The van der Waals surface area contributed by atoms with Crippen LogP contribution >= 0.6 is 34.8 Å². The van der Waals surface area contributed by atoms with Gasteiger partial charge < -0.3 is 0 Å². The average Bonchev–Trinajstić information content (AvgIpc) is 2.38. The lowest BCUT2D eigenvalue weighted by atomic mass is 10.2. The van der Waals surface area contributed by atoms with Crippen molar-refractivity contribution >= 4 is 56.6 Å². The second-order valence-electron chi connectivity index (χ2n) is 4.09. The molecule has 9 heteroatoms. The van der Waals surface area contributed by atoms with E-state index in [-0.39, 0.29) is 11.7 Å². The maximum Gasteiger partial charge on any atom is 0.251 e. The zero-order valence-corrected chi connectivity index (χ0v) is 13.7. The van der Waals surface area contributed by atoms with Gasteiger partial charge in [-0.2, -0.15) is 0 Å². The van der Waals surface area contributed by atoms with Crippen LogP contribution in [-0.4, -0.2) is 38.1 Å². The molecule has 1 unspecified atom stereocenters. The highest BCUT2D eigenvalue weighted by Gasteiger charge is 2.33. The lowest BCUT2D eigenvalue weighted by Crippen LogP contribution is -2.30. The van der Waals surface area contributed by atoms with E-state index in [9.17, 15) is 4.21 Å². The Kier molecular flexibility index (Phi) is 4.41. The molecule has 1 atom stereocenters. The Morgan fingerprint density at radius 3 is 2.25 bits per heavy atom. The third-order valence-electron chi connectivity index (χ3n) is 2.38. The van der Waals surface area contributed by atoms with E-state index in [2.05, 4.69) is 13.8 Å². The van der Waals surface area contributed by atoms with E-state index in [1.54, 1.807) is 26.2 Å². The summed E-state index contributed by atoms with van der Waals surface area (Å²) in [5.74, 6) is 0.0793. The molecular weight excluding hydrogens is 343 g/mol. The van der Waals surface area contributed by atoms with Crippen molar-refractivity contribution in [2.24, 2.45) is 13.8 Å². The van der Waals surface area contributed by atoms with Crippen molar-refractivity contribution in [1.29, 1.82) is 0 Å². The second-order valence-corrected chi connectivity index (χ2v) is 8.40. The SMILES string of the molecule is CN(C)S1(=O)=NC(c2ccccc2)=NC(C(Cl)(Cl)Cl)=N1. The molecule has 1 aliphatic heterocycles. The summed E-state index contributed by atoms with van der Waals surface area (Å²) < 4.78 is 20.1. The second kappa shape index (κ2) is 5.61. The minimum Gasteiger partial charge on any atom is -0.208 e. The van der Waals surface area contributed by atoms with Gasteiger partial charge in [-0.05, 0) is 0 Å². The molecule has 0 spiro atoms. The summed E-state index contributed by atoms with van der Waals surface area (Å²) >= 11 is 17.4. The molecule has 0 radical (unpaired) electrons. The Morgan fingerprint density at radius 1 is 1.15 bits per heavy atom. The Labute approximate surface area is 132 Å². The molecule has 1 aromatic carbocycles. The molecule has 0 aromatic heterocycles. The van der Waals surface area contributed by atoms with Crippen molar-refractivity contribution in [3.05, 3.63) is 35.9 Å². The van der Waals surface area contributed by atoms with E-state index < -0.39 is 13.9 Å². The van der Waals surface area contributed by atoms with E-state index in [0.717, 1.165) is 0 Å². The number of hydrogen-bond acceptors (Lipinski definition) is 3. The van der Waals surface area contributed by atoms with Crippen LogP contribution in [-0.2, 0) is 10.1 Å². The molecule has 1 aliphatic rings. The van der Waals surface area contributed by atoms with Crippen molar-refractivity contribution in [3.8, 4) is 0 Å². The van der Waals surface area contributed by atoms with E-state index in [1.165, 1.54) is 4.31 Å². The maximum atomic E-state index is 12.7. The lowest BCUT2D eigenvalue weighted by molar-refractivity contribution is 0.594. The first kappa shape index (κ1) is 15.7. The summed E-state index contributed by atoms with van der Waals surface area (Å²) in [6, 6.07) is 9.02. The van der Waals surface area contributed by atoms with Crippen LogP contribution in [0, 0.1) is 0 Å². The van der Waals surface area contributed by atoms with Gasteiger partial charge in [-0.25, -0.2) is 13.5 Å². The lowest BCUT2D eigenvalue weighted by Gasteiger charge is -2.20. The predicted molar refractivity (Wildman–Crippen MR) is 85.0 cm³/mol. The number of nitrogens with zero attached hydrogens (tertiary/aromatic N) is 4. The van der Waals surface area contributed by atoms with Crippen molar-refractivity contribution in [2.45, 2.75) is 3.79 Å². The maximum absolute atomic E-state index is 12.7. The number of rotatable bonds is 2. The molecule has 20 heavy (non-hydrogen) atoms. The standard InChI is InChI=1S/C11H11Cl3N4OS/c1-18(2)20(19)16-9(8-6-4-3-5-7-8)15-10(17-20)11(12,13)14/h3-7H,1-2H3. The van der Waals surface area contributed by atoms with E-state index in [1.807, 2.05) is 18.2 Å². The van der Waals surface area contributed by atoms with E-state index in [4.69, 9.17) is 34.8 Å². The van der Waals surface area contributed by atoms with Crippen molar-refractivity contribution in [3.63, 3.8) is 0 Å². The highest BCUT2D eigenvalue weighted by Crippen LogP contribution is 2.31. The molecule has 1 aromatic rings. The summed E-state index contributed by atoms with van der Waals surface area (Å²) in [7, 11) is 0.0909. The number of aliphatic imine (C=N–C) groups is 1. The molecule has 0 saturated carbocycles. The molecule has 5 nitrogen and oxygen atoms in total. The highest BCUT2D eigenvalue weighted by atomic mass is 35.6. The first-order valence-corrected chi connectivity index (χ1v) is 8.04. The third-order valence-corrected chi connectivity index (χ3v) is 4.66. The van der Waals surface area contributed by atoms with Crippen LogP contribution in [0.15, 0.2) is 44.1 Å². The number of amidine groups is 2. The van der Waals surface area contributed by atoms with Crippen LogP contribution in [0.5, 0.6) is 0 Å². The van der Waals surface area contributed by atoms with Crippen LogP contribution in [0.3, 0.4) is 0 Å². The minimum absolute atomic E-state index is 0.143. The predicted octanol–water partition coefficient (Wildman–Crippen LogP) is 3.08. The Hall–Kier alpha value is -0.660. The summed E-state index contributed by atoms with van der Waals surface area (Å²) in [4.78, 5) is 4.10. The molecule has 0 bridgehead atoms. The molecule has 0 fully saturated rings. The smallest absolute Gasteiger partial charge is 0.208 e. The van der Waals surface area contributed by atoms with Gasteiger partial charge >= 0.3 is 0 Å². The van der Waals surface area contributed by atoms with Crippen LogP contribution in [0.2, 0.25) is 0 Å². The van der Waals surface area contributed by atoms with Crippen LogP contribution in [0.25, 0.3) is 0 Å². The molecule has 0 amide bonds. The third kappa shape index (κ3) is 3.32. The van der Waals surface area contributed by atoms with E-state index >= 15 is 0 Å². The van der Waals surface area contributed by atoms with Crippen LogP contribution in [0.1, 0.15) is 5.56 Å². The monoisotopic (exact) mass is 352 g/mol. The Morgan fingerprint density at radius 2 is 1.75 bits per heavy atom. The van der Waals surface area contributed by atoms with Gasteiger partial charge in [0.2, 0.25) is 10.1 Å². The van der Waals surface area contributed by atoms with E-state index in [0.29, 0.717) is 5.56 Å². The van der Waals surface area contributed by atoms with Gasteiger partial charge in [0.1, 0.15) is 0 Å². The largest absolute Gasteiger partial charge is 0.251 e. The fourth-order valence-electron chi connectivity index (χ4n) is 1.37. The summed E-state index contributed by atoms with van der Waals surface area (Å²) in [5, 5.41) is 0. The first-order chi connectivity index (χ1) is 9.22. The highest BCUT2D eigenvalue weighted by molar-refractivity contribution is 7.90. The van der Waals surface area contributed by atoms with Gasteiger partial charge in [0.25, 0.3) is 3.79 Å². The summed E-state index contributed by atoms with van der Waals surface area (Å²) in [6.45, 7) is 0. The fourth-order valence-corrected chi connectivity index (χ4v) is 2.92. The quantitative estimate of drug-likeness (QED) is 0.754. The van der Waals surface area contributed by atoms with Gasteiger partial charge in [0, 0.05) is 19.7 Å². The topological polar surface area (TPSA) is 57.4 Å². The van der Waals surface area contributed by atoms with Crippen molar-refractivity contribution < 1.29 is 4.21 Å². The molecule has 0 aliphatic carbocycles. The average molecular weight is 354 g/mol. The summed E-state index contributed by atoms with van der Waals surface area (Å²) in [6.07, 6.45) is 0. The number of benzene rings is 1. The molecule has 108 valence electrons.